The van der Waals surface area contributed by atoms with Gasteiger partial charge in [-0.3, -0.25) is 4.79 Å². The van der Waals surface area contributed by atoms with Crippen molar-refractivity contribution in [2.24, 2.45) is 5.73 Å². The molecule has 0 radical (unpaired) electrons. The molecular weight excluding hydrogens is 183 g/mol. The number of hydrogen-bond acceptors (Lipinski definition) is 2. The van der Waals surface area contributed by atoms with Crippen LogP contribution in [0.25, 0.3) is 0 Å². The molecule has 0 spiro atoms. The monoisotopic (exact) mass is 194 g/mol. The fourth-order valence-corrected chi connectivity index (χ4v) is 1.82. The average molecular weight is 194 g/mol. The van der Waals surface area contributed by atoms with Crippen LogP contribution in [0.3, 0.4) is 0 Å². The fraction of sp³-hybridized carbons (Fsp3) is 0.300. The van der Waals surface area contributed by atoms with Crippen LogP contribution in [0.2, 0.25) is 0 Å². The lowest BCUT2D eigenvalue weighted by Gasteiger charge is -2.09. The lowest BCUT2D eigenvalue weighted by Crippen LogP contribution is -2.27. The second-order valence-corrected chi connectivity index (χ2v) is 3.39. The molecule has 1 unspecified atom stereocenters. The maximum atomic E-state index is 13.0. The first-order valence-corrected chi connectivity index (χ1v) is 4.42. The van der Waals surface area contributed by atoms with E-state index in [1.54, 1.807) is 13.1 Å². The summed E-state index contributed by atoms with van der Waals surface area (Å²) in [6.45, 7) is 0.222. The van der Waals surface area contributed by atoms with Crippen molar-refractivity contribution in [1.29, 1.82) is 0 Å². The number of nitrogens with two attached hydrogens (primary N) is 1. The Morgan fingerprint density at radius 2 is 2.29 bits per heavy atom. The van der Waals surface area contributed by atoms with Gasteiger partial charge < -0.3 is 10.6 Å². The van der Waals surface area contributed by atoms with Crippen LogP contribution in [0.15, 0.2) is 18.2 Å². The number of hydrogen-bond donors (Lipinski definition) is 1. The fourth-order valence-electron chi connectivity index (χ4n) is 1.82. The zero-order chi connectivity index (χ0) is 10.3. The summed E-state index contributed by atoms with van der Waals surface area (Å²) < 4.78 is 13.0. The van der Waals surface area contributed by atoms with Gasteiger partial charge in [-0.2, -0.15) is 0 Å². The Morgan fingerprint density at radius 3 is 2.93 bits per heavy atom. The minimum Gasteiger partial charge on any atom is -0.329 e. The highest BCUT2D eigenvalue weighted by molar-refractivity contribution is 6.04. The van der Waals surface area contributed by atoms with Crippen LogP contribution < -0.4 is 10.6 Å². The molecule has 3 nitrogen and oxygen atoms in total. The van der Waals surface area contributed by atoms with Gasteiger partial charge in [0.1, 0.15) is 5.82 Å². The zero-order valence-corrected chi connectivity index (χ0v) is 7.83. The smallest absolute Gasteiger partial charge is 0.235 e. The Labute approximate surface area is 81.3 Å². The number of fused-ring (bicyclic) bond motifs is 1. The predicted molar refractivity (Wildman–Crippen MR) is 51.6 cm³/mol. The number of amides is 1. The van der Waals surface area contributed by atoms with Crippen LogP contribution in [0, 0.1) is 5.82 Å². The molecule has 4 heteroatoms. The third-order valence-corrected chi connectivity index (χ3v) is 2.59. The molecule has 0 saturated carbocycles. The van der Waals surface area contributed by atoms with Gasteiger partial charge in [0.25, 0.3) is 0 Å². The SMILES string of the molecule is CN1C(=O)C(CN)c2cc(F)ccc21. The van der Waals surface area contributed by atoms with E-state index in [1.807, 2.05) is 0 Å². The summed E-state index contributed by atoms with van der Waals surface area (Å²) in [6, 6.07) is 4.34. The van der Waals surface area contributed by atoms with Crippen LogP contribution >= 0.6 is 0 Å². The topological polar surface area (TPSA) is 46.3 Å². The van der Waals surface area contributed by atoms with Crippen molar-refractivity contribution in [3.8, 4) is 0 Å². The second kappa shape index (κ2) is 3.06. The van der Waals surface area contributed by atoms with Gasteiger partial charge in [-0.1, -0.05) is 0 Å². The first kappa shape index (κ1) is 9.15. The Kier molecular flexibility index (Phi) is 2.00. The quantitative estimate of drug-likeness (QED) is 0.720. The number of rotatable bonds is 1. The lowest BCUT2D eigenvalue weighted by molar-refractivity contribution is -0.118. The van der Waals surface area contributed by atoms with Gasteiger partial charge in [0.2, 0.25) is 5.91 Å². The zero-order valence-electron chi connectivity index (χ0n) is 7.83. The van der Waals surface area contributed by atoms with E-state index in [9.17, 15) is 9.18 Å². The van der Waals surface area contributed by atoms with E-state index in [-0.39, 0.29) is 24.2 Å². The Bertz CT molecular complexity index is 392. The first-order chi connectivity index (χ1) is 6.65. The molecule has 0 fully saturated rings. The molecule has 1 aromatic carbocycles. The number of halogens is 1. The second-order valence-electron chi connectivity index (χ2n) is 3.39. The molecule has 14 heavy (non-hydrogen) atoms. The van der Waals surface area contributed by atoms with E-state index in [4.69, 9.17) is 5.73 Å². The molecular formula is C10H11FN2O. The van der Waals surface area contributed by atoms with Crippen LogP contribution in [-0.4, -0.2) is 19.5 Å². The van der Waals surface area contributed by atoms with Crippen molar-refractivity contribution in [3.05, 3.63) is 29.6 Å². The normalized spacial score (nSPS) is 20.1. The van der Waals surface area contributed by atoms with Crippen LogP contribution in [0.1, 0.15) is 11.5 Å². The average Bonchev–Trinajstić information content (AvgIpc) is 2.39. The highest BCUT2D eigenvalue weighted by Gasteiger charge is 2.34. The van der Waals surface area contributed by atoms with Gasteiger partial charge in [0.05, 0.1) is 5.92 Å². The number of carbonyl (C=O) groups excluding carboxylic acids is 1. The first-order valence-electron chi connectivity index (χ1n) is 4.42. The standard InChI is InChI=1S/C10H11FN2O/c1-13-9-3-2-6(11)4-7(9)8(5-12)10(13)14/h2-4,8H,5,12H2,1H3. The van der Waals surface area contributed by atoms with Crippen molar-refractivity contribution >= 4 is 11.6 Å². The van der Waals surface area contributed by atoms with Crippen molar-refractivity contribution in [1.82, 2.24) is 0 Å². The number of likely N-dealkylation sites (N-methyl/N-ethyl adjacent to an activating group) is 1. The maximum Gasteiger partial charge on any atom is 0.235 e. The van der Waals surface area contributed by atoms with Crippen LogP contribution in [0.4, 0.5) is 10.1 Å². The van der Waals surface area contributed by atoms with Crippen LogP contribution in [0.5, 0.6) is 0 Å². The molecule has 1 aliphatic rings. The Morgan fingerprint density at radius 1 is 1.57 bits per heavy atom. The van der Waals surface area contributed by atoms with Crippen molar-refractivity contribution in [2.75, 3.05) is 18.5 Å². The van der Waals surface area contributed by atoms with Crippen molar-refractivity contribution in [3.63, 3.8) is 0 Å². The van der Waals surface area contributed by atoms with Gasteiger partial charge in [-0.15, -0.1) is 0 Å². The maximum absolute atomic E-state index is 13.0. The molecule has 1 atom stereocenters. The molecule has 0 saturated heterocycles. The Balaban J connectivity index is 2.56. The molecule has 0 aliphatic carbocycles. The van der Waals surface area contributed by atoms with Gasteiger partial charge in [-0.25, -0.2) is 4.39 Å². The summed E-state index contributed by atoms with van der Waals surface area (Å²) >= 11 is 0. The van der Waals surface area contributed by atoms with Gasteiger partial charge in [-0.05, 0) is 23.8 Å². The number of anilines is 1. The van der Waals surface area contributed by atoms with E-state index >= 15 is 0 Å². The number of benzene rings is 1. The third kappa shape index (κ3) is 1.11. The summed E-state index contributed by atoms with van der Waals surface area (Å²) in [6.07, 6.45) is 0. The predicted octanol–water partition coefficient (Wildman–Crippen LogP) is 0.844. The van der Waals surface area contributed by atoms with Gasteiger partial charge in [0.15, 0.2) is 0 Å². The molecule has 1 aromatic rings. The van der Waals surface area contributed by atoms with Crippen molar-refractivity contribution < 1.29 is 9.18 Å². The number of nitrogens with zero attached hydrogens (tertiary/aromatic N) is 1. The highest BCUT2D eigenvalue weighted by atomic mass is 19.1. The minimum absolute atomic E-state index is 0.0619. The molecule has 1 aliphatic heterocycles. The van der Waals surface area contributed by atoms with E-state index in [0.717, 1.165) is 5.69 Å². The summed E-state index contributed by atoms with van der Waals surface area (Å²) in [5.41, 5.74) is 6.93. The summed E-state index contributed by atoms with van der Waals surface area (Å²) in [7, 11) is 1.68. The van der Waals surface area contributed by atoms with Gasteiger partial charge in [0, 0.05) is 19.3 Å². The largest absolute Gasteiger partial charge is 0.329 e. The molecule has 0 bridgehead atoms. The summed E-state index contributed by atoms with van der Waals surface area (Å²) in [5, 5.41) is 0. The molecule has 1 heterocycles. The molecule has 1 amide bonds. The van der Waals surface area contributed by atoms with E-state index in [2.05, 4.69) is 0 Å². The highest BCUT2D eigenvalue weighted by Crippen LogP contribution is 2.35. The van der Waals surface area contributed by atoms with Crippen LogP contribution in [-0.2, 0) is 4.79 Å². The van der Waals surface area contributed by atoms with E-state index in [0.29, 0.717) is 5.56 Å². The van der Waals surface area contributed by atoms with E-state index < -0.39 is 0 Å². The van der Waals surface area contributed by atoms with E-state index in [1.165, 1.54) is 17.0 Å². The molecule has 2 N–H and O–H groups in total. The number of carbonyl (C=O) groups is 1. The third-order valence-electron chi connectivity index (χ3n) is 2.59. The van der Waals surface area contributed by atoms with Gasteiger partial charge >= 0.3 is 0 Å². The lowest BCUT2D eigenvalue weighted by atomic mass is 10.0. The minimum atomic E-state index is -0.384. The summed E-state index contributed by atoms with van der Waals surface area (Å²) in [5.74, 6) is -0.774. The molecule has 74 valence electrons. The molecule has 0 aromatic heterocycles. The molecule has 2 rings (SSSR count). The Hall–Kier alpha value is -1.42. The summed E-state index contributed by atoms with van der Waals surface area (Å²) in [4.78, 5) is 13.1. The van der Waals surface area contributed by atoms with Crippen molar-refractivity contribution in [2.45, 2.75) is 5.92 Å².